The Morgan fingerprint density at radius 3 is 3.05 bits per heavy atom. The molecule has 5 N–H and O–H groups in total. The van der Waals surface area contributed by atoms with Gasteiger partial charge in [0.1, 0.15) is 12.2 Å². The van der Waals surface area contributed by atoms with E-state index >= 15 is 0 Å². The summed E-state index contributed by atoms with van der Waals surface area (Å²) in [6.45, 7) is 0.179. The molecule has 0 aromatic carbocycles. The lowest BCUT2D eigenvalue weighted by atomic mass is 10.4. The van der Waals surface area contributed by atoms with Crippen LogP contribution in [0.25, 0.3) is 4.96 Å². The maximum atomic E-state index is 12.4. The minimum Gasteiger partial charge on any atom is -0.306 e. The van der Waals surface area contributed by atoms with Crippen molar-refractivity contribution in [2.24, 2.45) is 5.84 Å². The van der Waals surface area contributed by atoms with Gasteiger partial charge in [-0.25, -0.2) is 24.0 Å². The Morgan fingerprint density at radius 2 is 2.33 bits per heavy atom. The van der Waals surface area contributed by atoms with E-state index in [0.717, 1.165) is 0 Å². The number of nitrogens with two attached hydrogens (primary N) is 1. The van der Waals surface area contributed by atoms with E-state index in [1.165, 1.54) is 22.1 Å². The molecule has 10 nitrogen and oxygen atoms in total. The molecule has 0 unspecified atom stereocenters. The van der Waals surface area contributed by atoms with E-state index in [-0.39, 0.29) is 17.4 Å². The molecule has 0 aliphatic carbocycles. The number of nitrogens with zero attached hydrogens (tertiary/aromatic N) is 4. The van der Waals surface area contributed by atoms with Gasteiger partial charge in [-0.3, -0.25) is 9.50 Å². The number of sulfonamides is 1. The van der Waals surface area contributed by atoms with E-state index in [1.807, 2.05) is 0 Å². The molecule has 112 valence electrons. The number of thiazole rings is 1. The Labute approximate surface area is 123 Å². The fourth-order valence-corrected chi connectivity index (χ4v) is 3.88. The van der Waals surface area contributed by atoms with E-state index < -0.39 is 10.0 Å². The Balaban J connectivity index is 1.84. The molecule has 3 heterocycles. The second kappa shape index (κ2) is 5.40. The van der Waals surface area contributed by atoms with Gasteiger partial charge in [-0.15, -0.1) is 11.3 Å². The molecule has 0 aliphatic rings. The first-order chi connectivity index (χ1) is 10.1. The van der Waals surface area contributed by atoms with Crippen LogP contribution in [0.3, 0.4) is 0 Å². The minimum absolute atomic E-state index is 0.0150. The van der Waals surface area contributed by atoms with Crippen LogP contribution >= 0.6 is 11.3 Å². The SMILES string of the molecule is NNc1nc2sccn2c1S(=O)(=O)NCCc1ncn[nH]1. The summed E-state index contributed by atoms with van der Waals surface area (Å²) in [5.74, 6) is 6.05. The smallest absolute Gasteiger partial charge is 0.260 e. The van der Waals surface area contributed by atoms with Gasteiger partial charge in [0, 0.05) is 24.5 Å². The number of anilines is 1. The number of aromatic amines is 1. The van der Waals surface area contributed by atoms with Gasteiger partial charge in [-0.2, -0.15) is 10.1 Å². The van der Waals surface area contributed by atoms with Crippen LogP contribution in [0.1, 0.15) is 5.82 Å². The van der Waals surface area contributed by atoms with Crippen LogP contribution in [0, 0.1) is 0 Å². The van der Waals surface area contributed by atoms with E-state index in [2.05, 4.69) is 30.3 Å². The highest BCUT2D eigenvalue weighted by Crippen LogP contribution is 2.24. The van der Waals surface area contributed by atoms with E-state index in [9.17, 15) is 8.42 Å². The van der Waals surface area contributed by atoms with Crippen LogP contribution in [-0.4, -0.2) is 39.5 Å². The van der Waals surface area contributed by atoms with E-state index in [1.54, 1.807) is 11.6 Å². The summed E-state index contributed by atoms with van der Waals surface area (Å²) in [4.78, 5) is 8.58. The first-order valence-electron chi connectivity index (χ1n) is 5.88. The molecule has 0 atom stereocenters. The predicted molar refractivity (Wildman–Crippen MR) is 76.2 cm³/mol. The van der Waals surface area contributed by atoms with Gasteiger partial charge in [0.15, 0.2) is 10.8 Å². The highest BCUT2D eigenvalue weighted by atomic mass is 32.2. The maximum absolute atomic E-state index is 12.4. The third-order valence-corrected chi connectivity index (χ3v) is 4.97. The van der Waals surface area contributed by atoms with Gasteiger partial charge >= 0.3 is 0 Å². The summed E-state index contributed by atoms with van der Waals surface area (Å²) in [7, 11) is -3.76. The van der Waals surface area contributed by atoms with Gasteiger partial charge in [-0.1, -0.05) is 0 Å². The minimum atomic E-state index is -3.76. The zero-order chi connectivity index (χ0) is 14.9. The fraction of sp³-hybridized carbons (Fsp3) is 0.222. The molecule has 3 rings (SSSR count). The van der Waals surface area contributed by atoms with E-state index in [4.69, 9.17) is 5.84 Å². The Hall–Kier alpha value is -2.02. The van der Waals surface area contributed by atoms with Crippen molar-refractivity contribution in [3.8, 4) is 0 Å². The normalized spacial score (nSPS) is 12.0. The van der Waals surface area contributed by atoms with Crippen LogP contribution in [0.15, 0.2) is 22.9 Å². The molecule has 0 saturated carbocycles. The number of nitrogen functional groups attached to an aromatic ring is 1. The average Bonchev–Trinajstić information content (AvgIpc) is 3.13. The number of hydrogen-bond donors (Lipinski definition) is 4. The Bertz CT molecular complexity index is 834. The first-order valence-corrected chi connectivity index (χ1v) is 8.24. The molecule has 0 amide bonds. The summed E-state index contributed by atoms with van der Waals surface area (Å²) in [6.07, 6.45) is 3.39. The van der Waals surface area contributed by atoms with E-state index in [0.29, 0.717) is 17.2 Å². The molecular formula is C9H12N8O2S2. The van der Waals surface area contributed by atoms with Crippen molar-refractivity contribution in [3.63, 3.8) is 0 Å². The average molecular weight is 328 g/mol. The van der Waals surface area contributed by atoms with Gasteiger partial charge in [0.05, 0.1) is 0 Å². The summed E-state index contributed by atoms with van der Waals surface area (Å²) >= 11 is 1.32. The number of imidazole rings is 1. The number of aromatic nitrogens is 5. The van der Waals surface area contributed by atoms with Crippen molar-refractivity contribution in [1.82, 2.24) is 29.3 Å². The summed E-state index contributed by atoms with van der Waals surface area (Å²) in [5, 5.41) is 8.09. The molecule has 3 aromatic heterocycles. The van der Waals surface area contributed by atoms with Crippen molar-refractivity contribution in [3.05, 3.63) is 23.7 Å². The predicted octanol–water partition coefficient (Wildman–Crippen LogP) is -0.680. The van der Waals surface area contributed by atoms with Crippen molar-refractivity contribution >= 4 is 32.1 Å². The lowest BCUT2D eigenvalue weighted by molar-refractivity contribution is 0.576. The fourth-order valence-electron chi connectivity index (χ4n) is 1.84. The quantitative estimate of drug-likeness (QED) is 0.347. The Morgan fingerprint density at radius 1 is 1.48 bits per heavy atom. The number of hydrazine groups is 1. The molecule has 21 heavy (non-hydrogen) atoms. The number of fused-ring (bicyclic) bond motifs is 1. The van der Waals surface area contributed by atoms with Crippen molar-refractivity contribution < 1.29 is 8.42 Å². The molecule has 0 radical (unpaired) electrons. The lowest BCUT2D eigenvalue weighted by Gasteiger charge is -2.06. The number of H-pyrrole nitrogens is 1. The van der Waals surface area contributed by atoms with Crippen molar-refractivity contribution in [2.75, 3.05) is 12.0 Å². The summed E-state index contributed by atoms with van der Waals surface area (Å²) in [5.41, 5.74) is 2.31. The third-order valence-electron chi connectivity index (χ3n) is 2.73. The zero-order valence-electron chi connectivity index (χ0n) is 10.6. The molecule has 0 fully saturated rings. The highest BCUT2D eigenvalue weighted by molar-refractivity contribution is 7.89. The van der Waals surface area contributed by atoms with Crippen LogP contribution in [-0.2, 0) is 16.4 Å². The topological polar surface area (TPSA) is 143 Å². The van der Waals surface area contributed by atoms with Gasteiger partial charge < -0.3 is 5.43 Å². The second-order valence-corrected chi connectivity index (χ2v) is 6.60. The largest absolute Gasteiger partial charge is 0.306 e. The molecular weight excluding hydrogens is 316 g/mol. The number of nitrogens with one attached hydrogen (secondary N) is 3. The second-order valence-electron chi connectivity index (χ2n) is 4.05. The monoisotopic (exact) mass is 328 g/mol. The number of hydrogen-bond acceptors (Lipinski definition) is 8. The van der Waals surface area contributed by atoms with Crippen LogP contribution in [0.5, 0.6) is 0 Å². The van der Waals surface area contributed by atoms with Crippen LogP contribution in [0.2, 0.25) is 0 Å². The molecule has 12 heteroatoms. The van der Waals surface area contributed by atoms with Gasteiger partial charge in [0.25, 0.3) is 10.0 Å². The molecule has 0 spiro atoms. The van der Waals surface area contributed by atoms with Crippen LogP contribution < -0.4 is 16.0 Å². The number of rotatable bonds is 6. The zero-order valence-corrected chi connectivity index (χ0v) is 12.3. The van der Waals surface area contributed by atoms with Crippen molar-refractivity contribution in [1.29, 1.82) is 0 Å². The van der Waals surface area contributed by atoms with Crippen LogP contribution in [0.4, 0.5) is 5.82 Å². The first kappa shape index (κ1) is 13.9. The highest BCUT2D eigenvalue weighted by Gasteiger charge is 2.25. The molecule has 3 aromatic rings. The standard InChI is InChI=1S/C9H12N8O2S2/c10-15-7-8(17-3-4-20-9(17)14-7)21(18,19)13-2-1-6-11-5-12-16-6/h3-5,13,15H,1-2,10H2,(H,11,12,16). The summed E-state index contributed by atoms with van der Waals surface area (Å²) < 4.78 is 28.8. The Kier molecular flexibility index (Phi) is 3.59. The maximum Gasteiger partial charge on any atom is 0.260 e. The van der Waals surface area contributed by atoms with Gasteiger partial charge in [-0.05, 0) is 0 Å². The molecule has 0 bridgehead atoms. The lowest BCUT2D eigenvalue weighted by Crippen LogP contribution is -2.28. The van der Waals surface area contributed by atoms with Gasteiger partial charge in [0.2, 0.25) is 5.03 Å². The third kappa shape index (κ3) is 2.61. The molecule has 0 aliphatic heterocycles. The molecule has 0 saturated heterocycles. The van der Waals surface area contributed by atoms with Crippen molar-refractivity contribution in [2.45, 2.75) is 11.4 Å². The summed E-state index contributed by atoms with van der Waals surface area (Å²) in [6, 6.07) is 0.